The fourth-order valence-corrected chi connectivity index (χ4v) is 1.15. The number of aromatic nitrogens is 2. The molecule has 0 radical (unpaired) electrons. The van der Waals surface area contributed by atoms with Crippen LogP contribution >= 0.6 is 15.9 Å². The van der Waals surface area contributed by atoms with E-state index in [9.17, 15) is 0 Å². The second kappa shape index (κ2) is 3.73. The van der Waals surface area contributed by atoms with Crippen LogP contribution < -0.4 is 5.73 Å². The van der Waals surface area contributed by atoms with Crippen LogP contribution in [0.4, 0.5) is 0 Å². The lowest BCUT2D eigenvalue weighted by Crippen LogP contribution is -2.04. The van der Waals surface area contributed by atoms with Gasteiger partial charge in [0.2, 0.25) is 0 Å². The van der Waals surface area contributed by atoms with E-state index in [0.717, 1.165) is 24.2 Å². The van der Waals surface area contributed by atoms with Crippen LogP contribution in [0.2, 0.25) is 0 Å². The molecule has 0 unspecified atom stereocenters. The number of aryl methyl sites for hydroxylation is 1. The van der Waals surface area contributed by atoms with Gasteiger partial charge in [0.1, 0.15) is 0 Å². The van der Waals surface area contributed by atoms with Crippen molar-refractivity contribution in [2.75, 3.05) is 6.54 Å². The molecule has 3 nitrogen and oxygen atoms in total. The zero-order chi connectivity index (χ0) is 7.40. The van der Waals surface area contributed by atoms with E-state index in [1.165, 1.54) is 0 Å². The quantitative estimate of drug-likeness (QED) is 0.797. The summed E-state index contributed by atoms with van der Waals surface area (Å²) in [6.45, 7) is 1.67. The third-order valence-corrected chi connectivity index (χ3v) is 1.93. The molecule has 0 saturated carbocycles. The summed E-state index contributed by atoms with van der Waals surface area (Å²) in [5.74, 6) is 0. The van der Waals surface area contributed by atoms with Gasteiger partial charge in [0.05, 0.1) is 0 Å². The van der Waals surface area contributed by atoms with Gasteiger partial charge in [-0.1, -0.05) is 0 Å². The van der Waals surface area contributed by atoms with Crippen molar-refractivity contribution >= 4 is 15.9 Å². The summed E-state index contributed by atoms with van der Waals surface area (Å²) < 4.78 is 2.90. The SMILES string of the molecule is NCCCn1ccnc1Br. The Labute approximate surface area is 68.4 Å². The Morgan fingerprint density at radius 2 is 2.50 bits per heavy atom. The lowest BCUT2D eigenvalue weighted by Gasteiger charge is -1.99. The first kappa shape index (κ1) is 7.75. The van der Waals surface area contributed by atoms with Crippen LogP contribution in [-0.2, 0) is 6.54 Å². The van der Waals surface area contributed by atoms with E-state index < -0.39 is 0 Å². The molecule has 1 heterocycles. The molecular weight excluding hydrogens is 194 g/mol. The molecule has 0 aromatic carbocycles. The lowest BCUT2D eigenvalue weighted by atomic mass is 10.4. The maximum Gasteiger partial charge on any atom is 0.177 e. The fraction of sp³-hybridized carbons (Fsp3) is 0.500. The topological polar surface area (TPSA) is 43.8 Å². The summed E-state index contributed by atoms with van der Waals surface area (Å²) in [7, 11) is 0. The Hall–Kier alpha value is -0.350. The summed E-state index contributed by atoms with van der Waals surface area (Å²) in [6, 6.07) is 0. The molecule has 56 valence electrons. The highest BCUT2D eigenvalue weighted by Crippen LogP contribution is 2.05. The second-order valence-electron chi connectivity index (χ2n) is 2.03. The maximum absolute atomic E-state index is 5.35. The predicted octanol–water partition coefficient (Wildman–Crippen LogP) is 0.994. The third-order valence-electron chi connectivity index (χ3n) is 1.27. The van der Waals surface area contributed by atoms with Gasteiger partial charge in [-0.05, 0) is 28.9 Å². The summed E-state index contributed by atoms with van der Waals surface area (Å²) in [5.41, 5.74) is 5.35. The predicted molar refractivity (Wildman–Crippen MR) is 43.6 cm³/mol. The van der Waals surface area contributed by atoms with Gasteiger partial charge < -0.3 is 10.3 Å². The van der Waals surface area contributed by atoms with E-state index in [4.69, 9.17) is 5.73 Å². The van der Waals surface area contributed by atoms with Crippen molar-refractivity contribution in [3.8, 4) is 0 Å². The van der Waals surface area contributed by atoms with E-state index in [0.29, 0.717) is 0 Å². The Morgan fingerprint density at radius 3 is 3.00 bits per heavy atom. The minimum absolute atomic E-state index is 0.727. The van der Waals surface area contributed by atoms with E-state index in [1.54, 1.807) is 6.20 Å². The number of hydrogen-bond acceptors (Lipinski definition) is 2. The molecule has 1 aromatic rings. The highest BCUT2D eigenvalue weighted by molar-refractivity contribution is 9.10. The molecule has 0 saturated heterocycles. The molecular formula is C6H10BrN3. The summed E-state index contributed by atoms with van der Waals surface area (Å²) in [4.78, 5) is 4.01. The number of nitrogens with two attached hydrogens (primary N) is 1. The van der Waals surface area contributed by atoms with E-state index in [-0.39, 0.29) is 0 Å². The van der Waals surface area contributed by atoms with E-state index in [1.807, 2.05) is 10.8 Å². The van der Waals surface area contributed by atoms with Crippen molar-refractivity contribution in [3.05, 3.63) is 17.1 Å². The molecule has 0 fully saturated rings. The molecule has 0 aliphatic carbocycles. The molecule has 0 spiro atoms. The first-order valence-corrected chi connectivity index (χ1v) is 4.00. The Kier molecular flexibility index (Phi) is 2.89. The number of imidazole rings is 1. The van der Waals surface area contributed by atoms with Crippen molar-refractivity contribution in [2.45, 2.75) is 13.0 Å². The average molecular weight is 204 g/mol. The van der Waals surface area contributed by atoms with Crippen LogP contribution in [0.1, 0.15) is 6.42 Å². The van der Waals surface area contributed by atoms with Crippen molar-refractivity contribution in [2.24, 2.45) is 5.73 Å². The smallest absolute Gasteiger partial charge is 0.177 e. The van der Waals surface area contributed by atoms with E-state index >= 15 is 0 Å². The fourth-order valence-electron chi connectivity index (χ4n) is 0.739. The number of nitrogens with zero attached hydrogens (tertiary/aromatic N) is 2. The Morgan fingerprint density at radius 1 is 1.70 bits per heavy atom. The van der Waals surface area contributed by atoms with Gasteiger partial charge in [-0.25, -0.2) is 4.98 Å². The average Bonchev–Trinajstić information content (AvgIpc) is 2.31. The van der Waals surface area contributed by atoms with E-state index in [2.05, 4.69) is 20.9 Å². The highest BCUT2D eigenvalue weighted by atomic mass is 79.9. The molecule has 4 heteroatoms. The normalized spacial score (nSPS) is 10.2. The molecule has 0 aliphatic rings. The van der Waals surface area contributed by atoms with Crippen molar-refractivity contribution in [1.82, 2.24) is 9.55 Å². The molecule has 1 aromatic heterocycles. The van der Waals surface area contributed by atoms with Crippen molar-refractivity contribution in [1.29, 1.82) is 0 Å². The highest BCUT2D eigenvalue weighted by Gasteiger charge is 1.94. The minimum atomic E-state index is 0.727. The molecule has 0 bridgehead atoms. The standard InChI is InChI=1S/C6H10BrN3/c7-6-9-3-5-10(6)4-1-2-8/h3,5H,1-2,4,8H2. The molecule has 0 amide bonds. The van der Waals surface area contributed by atoms with Gasteiger partial charge >= 0.3 is 0 Å². The van der Waals surface area contributed by atoms with Crippen LogP contribution in [-0.4, -0.2) is 16.1 Å². The Balaban J connectivity index is 2.49. The van der Waals surface area contributed by atoms with Crippen molar-refractivity contribution < 1.29 is 0 Å². The van der Waals surface area contributed by atoms with Crippen LogP contribution in [0, 0.1) is 0 Å². The Bertz CT molecular complexity index is 197. The minimum Gasteiger partial charge on any atom is -0.330 e. The summed E-state index contributed by atoms with van der Waals surface area (Å²) in [5, 5.41) is 0. The van der Waals surface area contributed by atoms with Gasteiger partial charge in [-0.15, -0.1) is 0 Å². The van der Waals surface area contributed by atoms with Crippen molar-refractivity contribution in [3.63, 3.8) is 0 Å². The van der Waals surface area contributed by atoms with Gasteiger partial charge in [0.15, 0.2) is 4.73 Å². The number of halogens is 1. The van der Waals surface area contributed by atoms with Gasteiger partial charge in [0.25, 0.3) is 0 Å². The monoisotopic (exact) mass is 203 g/mol. The number of hydrogen-bond donors (Lipinski definition) is 1. The van der Waals surface area contributed by atoms with Crippen LogP contribution in [0.5, 0.6) is 0 Å². The lowest BCUT2D eigenvalue weighted by molar-refractivity contribution is 0.638. The van der Waals surface area contributed by atoms with Crippen LogP contribution in [0.3, 0.4) is 0 Å². The van der Waals surface area contributed by atoms with Crippen LogP contribution in [0.15, 0.2) is 17.1 Å². The molecule has 0 atom stereocenters. The molecule has 1 rings (SSSR count). The van der Waals surface area contributed by atoms with Gasteiger partial charge in [-0.2, -0.15) is 0 Å². The maximum atomic E-state index is 5.35. The summed E-state index contributed by atoms with van der Waals surface area (Å²) in [6.07, 6.45) is 4.69. The molecule has 0 aliphatic heterocycles. The van der Waals surface area contributed by atoms with Crippen LogP contribution in [0.25, 0.3) is 0 Å². The first-order chi connectivity index (χ1) is 4.84. The summed E-state index contributed by atoms with van der Waals surface area (Å²) >= 11 is 3.31. The zero-order valence-corrected chi connectivity index (χ0v) is 7.21. The first-order valence-electron chi connectivity index (χ1n) is 3.21. The second-order valence-corrected chi connectivity index (χ2v) is 2.74. The molecule has 2 N–H and O–H groups in total. The zero-order valence-electron chi connectivity index (χ0n) is 5.63. The van der Waals surface area contributed by atoms with Gasteiger partial charge in [0, 0.05) is 18.9 Å². The molecule has 10 heavy (non-hydrogen) atoms. The van der Waals surface area contributed by atoms with Gasteiger partial charge in [-0.3, -0.25) is 0 Å². The third kappa shape index (κ3) is 1.82. The largest absolute Gasteiger partial charge is 0.330 e. The number of rotatable bonds is 3.